The van der Waals surface area contributed by atoms with Gasteiger partial charge in [0, 0.05) is 29.7 Å². The molecule has 0 aliphatic rings. The molecule has 0 aromatic carbocycles. The SMILES string of the molecule is Cc1csc([C@@H](C)CNC(=O)c2c[nH]c(=O)cn2)n1. The fraction of sp³-hybridized carbons (Fsp3) is 0.333. The van der Waals surface area contributed by atoms with Crippen molar-refractivity contribution in [2.24, 2.45) is 0 Å². The molecule has 0 saturated carbocycles. The maximum Gasteiger partial charge on any atom is 0.271 e. The number of nitrogens with zero attached hydrogens (tertiary/aromatic N) is 2. The number of amides is 1. The second-order valence-electron chi connectivity index (χ2n) is 4.23. The summed E-state index contributed by atoms with van der Waals surface area (Å²) in [5.74, 6) is -0.165. The van der Waals surface area contributed by atoms with Crippen LogP contribution in [0.3, 0.4) is 0 Å². The quantitative estimate of drug-likeness (QED) is 0.875. The Morgan fingerprint density at radius 1 is 1.58 bits per heavy atom. The summed E-state index contributed by atoms with van der Waals surface area (Å²) in [6, 6.07) is 0. The summed E-state index contributed by atoms with van der Waals surface area (Å²) in [6.45, 7) is 4.42. The molecule has 0 radical (unpaired) electrons. The molecule has 2 N–H and O–H groups in total. The molecule has 0 aliphatic heterocycles. The molecule has 0 fully saturated rings. The number of hydrogen-bond donors (Lipinski definition) is 2. The lowest BCUT2D eigenvalue weighted by Crippen LogP contribution is -2.29. The molecule has 0 bridgehead atoms. The Bertz CT molecular complexity index is 614. The first kappa shape index (κ1) is 13.4. The molecule has 7 heteroatoms. The van der Waals surface area contributed by atoms with Crippen LogP contribution in [-0.4, -0.2) is 27.4 Å². The highest BCUT2D eigenvalue weighted by atomic mass is 32.1. The van der Waals surface area contributed by atoms with Gasteiger partial charge in [-0.3, -0.25) is 9.59 Å². The molecular weight excluding hydrogens is 264 g/mol. The number of carbonyl (C=O) groups excluding carboxylic acids is 1. The van der Waals surface area contributed by atoms with Crippen molar-refractivity contribution >= 4 is 17.2 Å². The molecule has 19 heavy (non-hydrogen) atoms. The average Bonchev–Trinajstić information content (AvgIpc) is 2.83. The van der Waals surface area contributed by atoms with Crippen LogP contribution in [0.2, 0.25) is 0 Å². The van der Waals surface area contributed by atoms with Crippen molar-refractivity contribution in [3.63, 3.8) is 0 Å². The van der Waals surface area contributed by atoms with E-state index < -0.39 is 0 Å². The molecule has 0 aliphatic carbocycles. The number of rotatable bonds is 4. The summed E-state index contributed by atoms with van der Waals surface area (Å²) in [5.41, 5.74) is 0.853. The normalized spacial score (nSPS) is 12.1. The Kier molecular flexibility index (Phi) is 4.06. The summed E-state index contributed by atoms with van der Waals surface area (Å²) in [5, 5.41) is 5.75. The Balaban J connectivity index is 1.93. The molecule has 1 amide bonds. The maximum absolute atomic E-state index is 11.8. The van der Waals surface area contributed by atoms with Gasteiger partial charge in [0.1, 0.15) is 5.69 Å². The molecule has 2 heterocycles. The molecule has 1 atom stereocenters. The van der Waals surface area contributed by atoms with Crippen molar-refractivity contribution in [1.29, 1.82) is 0 Å². The third-order valence-corrected chi connectivity index (χ3v) is 3.73. The van der Waals surface area contributed by atoms with Gasteiger partial charge in [-0.1, -0.05) is 6.92 Å². The summed E-state index contributed by atoms with van der Waals surface area (Å²) in [6.07, 6.45) is 2.39. The Hall–Kier alpha value is -2.02. The van der Waals surface area contributed by atoms with Crippen molar-refractivity contribution in [2.75, 3.05) is 6.54 Å². The van der Waals surface area contributed by atoms with Crippen LogP contribution in [0.5, 0.6) is 0 Å². The predicted octanol–water partition coefficient (Wildman–Crippen LogP) is 1.07. The number of aromatic amines is 1. The zero-order valence-electron chi connectivity index (χ0n) is 10.6. The van der Waals surface area contributed by atoms with Gasteiger partial charge in [-0.15, -0.1) is 11.3 Å². The molecular formula is C12H14N4O2S. The lowest BCUT2D eigenvalue weighted by Gasteiger charge is -2.09. The molecule has 0 saturated heterocycles. The first-order valence-electron chi connectivity index (χ1n) is 5.81. The smallest absolute Gasteiger partial charge is 0.271 e. The van der Waals surface area contributed by atoms with Gasteiger partial charge in [0.2, 0.25) is 0 Å². The molecule has 2 rings (SSSR count). The molecule has 100 valence electrons. The van der Waals surface area contributed by atoms with Crippen molar-refractivity contribution in [3.8, 4) is 0 Å². The number of nitrogens with one attached hydrogen (secondary N) is 2. The van der Waals surface area contributed by atoms with Crippen molar-refractivity contribution < 1.29 is 4.79 Å². The van der Waals surface area contributed by atoms with Gasteiger partial charge in [-0.05, 0) is 6.92 Å². The summed E-state index contributed by atoms with van der Waals surface area (Å²) in [7, 11) is 0. The highest BCUT2D eigenvalue weighted by molar-refractivity contribution is 7.09. The van der Waals surface area contributed by atoms with Gasteiger partial charge in [0.15, 0.2) is 0 Å². The van der Waals surface area contributed by atoms with Gasteiger partial charge in [-0.25, -0.2) is 9.97 Å². The minimum Gasteiger partial charge on any atom is -0.350 e. The highest BCUT2D eigenvalue weighted by Gasteiger charge is 2.12. The Labute approximate surface area is 113 Å². The summed E-state index contributed by atoms with van der Waals surface area (Å²) in [4.78, 5) is 33.2. The van der Waals surface area contributed by atoms with Crippen LogP contribution in [-0.2, 0) is 0 Å². The first-order chi connectivity index (χ1) is 9.06. The van der Waals surface area contributed by atoms with E-state index in [1.54, 1.807) is 11.3 Å². The summed E-state index contributed by atoms with van der Waals surface area (Å²) < 4.78 is 0. The monoisotopic (exact) mass is 278 g/mol. The van der Waals surface area contributed by atoms with E-state index >= 15 is 0 Å². The third-order valence-electron chi connectivity index (χ3n) is 2.53. The average molecular weight is 278 g/mol. The standard InChI is InChI=1S/C12H14N4O2S/c1-7(12-16-8(2)6-19-12)3-15-11(18)9-4-14-10(17)5-13-9/h4-7H,3H2,1-2H3,(H,14,17)(H,15,18)/t7-/m0/s1. The van der Waals surface area contributed by atoms with E-state index in [0.717, 1.165) is 16.9 Å². The number of hydrogen-bond acceptors (Lipinski definition) is 5. The number of aryl methyl sites for hydroxylation is 1. The molecule has 0 spiro atoms. The minimum atomic E-state index is -0.330. The van der Waals surface area contributed by atoms with Gasteiger partial charge in [0.25, 0.3) is 11.5 Å². The first-order valence-corrected chi connectivity index (χ1v) is 6.69. The fourth-order valence-electron chi connectivity index (χ4n) is 1.49. The van der Waals surface area contributed by atoms with E-state index in [0.29, 0.717) is 6.54 Å². The fourth-order valence-corrected chi connectivity index (χ4v) is 2.34. The number of carbonyl (C=O) groups is 1. The Morgan fingerprint density at radius 2 is 2.37 bits per heavy atom. The van der Waals surface area contributed by atoms with Crippen LogP contribution < -0.4 is 10.9 Å². The number of H-pyrrole nitrogens is 1. The maximum atomic E-state index is 11.8. The van der Waals surface area contributed by atoms with E-state index in [-0.39, 0.29) is 23.1 Å². The highest BCUT2D eigenvalue weighted by Crippen LogP contribution is 2.18. The van der Waals surface area contributed by atoms with Crippen LogP contribution in [0.4, 0.5) is 0 Å². The van der Waals surface area contributed by atoms with Gasteiger partial charge < -0.3 is 10.3 Å². The molecule has 2 aromatic rings. The minimum absolute atomic E-state index is 0.144. The number of aromatic nitrogens is 3. The largest absolute Gasteiger partial charge is 0.350 e. The zero-order chi connectivity index (χ0) is 13.8. The topological polar surface area (TPSA) is 87.7 Å². The lowest BCUT2D eigenvalue weighted by molar-refractivity contribution is 0.0946. The van der Waals surface area contributed by atoms with Crippen molar-refractivity contribution in [1.82, 2.24) is 20.3 Å². The van der Waals surface area contributed by atoms with E-state index in [1.165, 1.54) is 6.20 Å². The molecule has 0 unspecified atom stereocenters. The second kappa shape index (κ2) is 5.75. The van der Waals surface area contributed by atoms with Gasteiger partial charge >= 0.3 is 0 Å². The van der Waals surface area contributed by atoms with Gasteiger partial charge in [-0.2, -0.15) is 0 Å². The lowest BCUT2D eigenvalue weighted by atomic mass is 10.2. The van der Waals surface area contributed by atoms with Crippen molar-refractivity contribution in [3.05, 3.63) is 44.5 Å². The van der Waals surface area contributed by atoms with Crippen LogP contribution in [0.25, 0.3) is 0 Å². The zero-order valence-corrected chi connectivity index (χ0v) is 11.5. The number of thiazole rings is 1. The van der Waals surface area contributed by atoms with E-state index in [9.17, 15) is 9.59 Å². The van der Waals surface area contributed by atoms with E-state index in [1.807, 2.05) is 19.2 Å². The van der Waals surface area contributed by atoms with E-state index in [4.69, 9.17) is 0 Å². The van der Waals surface area contributed by atoms with Gasteiger partial charge in [0.05, 0.1) is 11.2 Å². The summed E-state index contributed by atoms with van der Waals surface area (Å²) >= 11 is 1.58. The molecule has 2 aromatic heterocycles. The van der Waals surface area contributed by atoms with Crippen LogP contribution in [0, 0.1) is 6.92 Å². The van der Waals surface area contributed by atoms with Crippen LogP contribution in [0.15, 0.2) is 22.6 Å². The van der Waals surface area contributed by atoms with E-state index in [2.05, 4.69) is 20.3 Å². The third kappa shape index (κ3) is 3.47. The van der Waals surface area contributed by atoms with Crippen LogP contribution in [0.1, 0.15) is 34.0 Å². The predicted molar refractivity (Wildman–Crippen MR) is 72.5 cm³/mol. The molecule has 6 nitrogen and oxygen atoms in total. The Morgan fingerprint density at radius 3 is 2.95 bits per heavy atom. The van der Waals surface area contributed by atoms with Crippen molar-refractivity contribution in [2.45, 2.75) is 19.8 Å². The second-order valence-corrected chi connectivity index (χ2v) is 5.12. The van der Waals surface area contributed by atoms with Crippen LogP contribution >= 0.6 is 11.3 Å².